The molecule has 4 aromatic rings. The Morgan fingerprint density at radius 2 is 1.92 bits per heavy atom. The van der Waals surface area contributed by atoms with Crippen LogP contribution in [0.2, 0.25) is 0 Å². The summed E-state index contributed by atoms with van der Waals surface area (Å²) in [7, 11) is 0. The second kappa shape index (κ2) is 6.16. The topological polar surface area (TPSA) is 109 Å². The van der Waals surface area contributed by atoms with E-state index in [-0.39, 0.29) is 16.7 Å². The van der Waals surface area contributed by atoms with E-state index in [1.165, 1.54) is 0 Å². The van der Waals surface area contributed by atoms with Crippen LogP contribution in [0.4, 0.5) is 0 Å². The third-order valence-corrected chi connectivity index (χ3v) is 3.74. The molecule has 4 rings (SSSR count). The molecule has 0 bridgehead atoms. The van der Waals surface area contributed by atoms with Crippen molar-refractivity contribution < 1.29 is 4.74 Å². The maximum absolute atomic E-state index is 12.1. The zero-order valence-corrected chi connectivity index (χ0v) is 13.4. The molecule has 0 saturated heterocycles. The van der Waals surface area contributed by atoms with E-state index in [1.807, 2.05) is 37.3 Å². The molecule has 1 aromatic carbocycles. The quantitative estimate of drug-likeness (QED) is 0.592. The summed E-state index contributed by atoms with van der Waals surface area (Å²) in [6.07, 6.45) is 3.47. The molecule has 0 unspecified atom stereocenters. The van der Waals surface area contributed by atoms with Crippen LogP contribution in [0.25, 0.3) is 33.7 Å². The zero-order valence-electron chi connectivity index (χ0n) is 13.4. The predicted octanol–water partition coefficient (Wildman–Crippen LogP) is 2.17. The lowest BCUT2D eigenvalue weighted by atomic mass is 10.0. The van der Waals surface area contributed by atoms with Gasteiger partial charge in [-0.25, -0.2) is 4.98 Å². The molecule has 124 valence electrons. The zero-order chi connectivity index (χ0) is 17.2. The predicted molar refractivity (Wildman–Crippen MR) is 92.1 cm³/mol. The summed E-state index contributed by atoms with van der Waals surface area (Å²) in [5, 5.41) is 10.1. The largest absolute Gasteiger partial charge is 0.493 e. The standard InChI is InChI=1S/C17H14N6O2/c1-2-25-13-9-11(10-5-7-18-8-6-10)3-4-12(13)15-19-16-14(17(24)20-15)21-23-22-16/h3-9H,2H2,1H3,(H2,19,20,21,22,23,24). The van der Waals surface area contributed by atoms with Crippen LogP contribution in [-0.2, 0) is 0 Å². The highest BCUT2D eigenvalue weighted by Gasteiger charge is 2.14. The lowest BCUT2D eigenvalue weighted by Crippen LogP contribution is -2.10. The summed E-state index contributed by atoms with van der Waals surface area (Å²) in [5.74, 6) is 1.01. The minimum atomic E-state index is -0.352. The molecule has 25 heavy (non-hydrogen) atoms. The average Bonchev–Trinajstić information content (AvgIpc) is 3.12. The van der Waals surface area contributed by atoms with Gasteiger partial charge in [-0.05, 0) is 42.3 Å². The van der Waals surface area contributed by atoms with Gasteiger partial charge in [0, 0.05) is 12.4 Å². The number of pyridine rings is 1. The maximum Gasteiger partial charge on any atom is 0.281 e. The number of rotatable bonds is 4. The second-order valence-electron chi connectivity index (χ2n) is 5.29. The highest BCUT2D eigenvalue weighted by atomic mass is 16.5. The van der Waals surface area contributed by atoms with Crippen LogP contribution < -0.4 is 10.3 Å². The molecule has 3 aromatic heterocycles. The number of nitrogens with zero attached hydrogens (tertiary/aromatic N) is 4. The molecule has 0 aliphatic rings. The van der Waals surface area contributed by atoms with Crippen molar-refractivity contribution >= 4 is 11.2 Å². The first-order valence-corrected chi connectivity index (χ1v) is 7.74. The Bertz CT molecular complexity index is 1090. The molecule has 0 aliphatic carbocycles. The summed E-state index contributed by atoms with van der Waals surface area (Å²) >= 11 is 0. The minimum Gasteiger partial charge on any atom is -0.493 e. The molecular weight excluding hydrogens is 320 g/mol. The minimum absolute atomic E-state index is 0.176. The van der Waals surface area contributed by atoms with Crippen LogP contribution in [0.15, 0.2) is 47.5 Å². The van der Waals surface area contributed by atoms with Crippen molar-refractivity contribution in [2.45, 2.75) is 6.92 Å². The Hall–Kier alpha value is -3.55. The van der Waals surface area contributed by atoms with Crippen molar-refractivity contribution in [3.63, 3.8) is 0 Å². The van der Waals surface area contributed by atoms with Crippen LogP contribution in [0, 0.1) is 0 Å². The van der Waals surface area contributed by atoms with Crippen molar-refractivity contribution in [3.05, 3.63) is 53.1 Å². The number of hydrogen-bond acceptors (Lipinski definition) is 6. The number of aromatic amines is 2. The van der Waals surface area contributed by atoms with Gasteiger partial charge in [-0.3, -0.25) is 9.78 Å². The molecule has 0 spiro atoms. The molecule has 0 amide bonds. The molecule has 3 heterocycles. The van der Waals surface area contributed by atoms with E-state index >= 15 is 0 Å². The summed E-state index contributed by atoms with van der Waals surface area (Å²) in [6, 6.07) is 9.57. The Labute approximate surface area is 141 Å². The highest BCUT2D eigenvalue weighted by Crippen LogP contribution is 2.32. The monoisotopic (exact) mass is 334 g/mol. The van der Waals surface area contributed by atoms with E-state index in [0.29, 0.717) is 23.7 Å². The van der Waals surface area contributed by atoms with Gasteiger partial charge >= 0.3 is 0 Å². The van der Waals surface area contributed by atoms with Crippen molar-refractivity contribution in [3.8, 4) is 28.3 Å². The first-order chi connectivity index (χ1) is 12.3. The highest BCUT2D eigenvalue weighted by molar-refractivity contribution is 5.76. The number of fused-ring (bicyclic) bond motifs is 1. The molecule has 0 saturated carbocycles. The van der Waals surface area contributed by atoms with Gasteiger partial charge in [-0.15, -0.1) is 10.2 Å². The first kappa shape index (κ1) is 15.0. The van der Waals surface area contributed by atoms with Crippen LogP contribution in [0.1, 0.15) is 6.92 Å². The van der Waals surface area contributed by atoms with Gasteiger partial charge < -0.3 is 9.72 Å². The molecular formula is C17H14N6O2. The third-order valence-electron chi connectivity index (χ3n) is 3.74. The Kier molecular flexibility index (Phi) is 3.70. The number of ether oxygens (including phenoxy) is 1. The molecule has 0 radical (unpaired) electrons. The lowest BCUT2D eigenvalue weighted by Gasteiger charge is -2.12. The van der Waals surface area contributed by atoms with E-state index in [1.54, 1.807) is 12.4 Å². The van der Waals surface area contributed by atoms with Crippen LogP contribution in [-0.4, -0.2) is 37.0 Å². The van der Waals surface area contributed by atoms with Crippen molar-refractivity contribution in [1.82, 2.24) is 30.4 Å². The number of nitrogens with one attached hydrogen (secondary N) is 2. The van der Waals surface area contributed by atoms with Gasteiger partial charge in [0.25, 0.3) is 5.56 Å². The third kappa shape index (κ3) is 2.74. The fourth-order valence-electron chi connectivity index (χ4n) is 2.60. The number of H-pyrrole nitrogens is 2. The van der Waals surface area contributed by atoms with E-state index in [0.717, 1.165) is 11.1 Å². The van der Waals surface area contributed by atoms with E-state index in [9.17, 15) is 4.79 Å². The van der Waals surface area contributed by atoms with E-state index in [2.05, 4.69) is 30.4 Å². The second-order valence-corrected chi connectivity index (χ2v) is 5.29. The van der Waals surface area contributed by atoms with Gasteiger partial charge in [0.15, 0.2) is 5.52 Å². The SMILES string of the molecule is CCOc1cc(-c2ccncc2)ccc1-c1nc2n[nH]nc2c(=O)[nH]1. The summed E-state index contributed by atoms with van der Waals surface area (Å²) in [5.41, 5.74) is 2.78. The number of aromatic nitrogens is 6. The molecule has 2 N–H and O–H groups in total. The Balaban J connectivity index is 1.86. The Morgan fingerprint density at radius 3 is 2.72 bits per heavy atom. The average molecular weight is 334 g/mol. The van der Waals surface area contributed by atoms with Gasteiger partial charge in [0.2, 0.25) is 5.65 Å². The van der Waals surface area contributed by atoms with Crippen molar-refractivity contribution in [1.29, 1.82) is 0 Å². The molecule has 0 fully saturated rings. The molecule has 8 heteroatoms. The van der Waals surface area contributed by atoms with Gasteiger partial charge in [-0.1, -0.05) is 6.07 Å². The van der Waals surface area contributed by atoms with Gasteiger partial charge in [0.05, 0.1) is 12.2 Å². The lowest BCUT2D eigenvalue weighted by molar-refractivity contribution is 0.341. The first-order valence-electron chi connectivity index (χ1n) is 7.74. The maximum atomic E-state index is 12.1. The normalized spacial score (nSPS) is 10.9. The summed E-state index contributed by atoms with van der Waals surface area (Å²) < 4.78 is 5.77. The fourth-order valence-corrected chi connectivity index (χ4v) is 2.60. The molecule has 0 aliphatic heterocycles. The number of benzene rings is 1. The summed E-state index contributed by atoms with van der Waals surface area (Å²) in [6.45, 7) is 2.39. The van der Waals surface area contributed by atoms with Crippen LogP contribution in [0.5, 0.6) is 5.75 Å². The summed E-state index contributed by atoms with van der Waals surface area (Å²) in [4.78, 5) is 23.3. The van der Waals surface area contributed by atoms with Gasteiger partial charge in [-0.2, -0.15) is 5.21 Å². The van der Waals surface area contributed by atoms with Crippen molar-refractivity contribution in [2.24, 2.45) is 0 Å². The number of hydrogen-bond donors (Lipinski definition) is 2. The van der Waals surface area contributed by atoms with E-state index in [4.69, 9.17) is 4.74 Å². The van der Waals surface area contributed by atoms with Crippen molar-refractivity contribution in [2.75, 3.05) is 6.61 Å². The van der Waals surface area contributed by atoms with Crippen LogP contribution >= 0.6 is 0 Å². The van der Waals surface area contributed by atoms with Gasteiger partial charge in [0.1, 0.15) is 11.6 Å². The van der Waals surface area contributed by atoms with E-state index < -0.39 is 0 Å². The van der Waals surface area contributed by atoms with Crippen LogP contribution in [0.3, 0.4) is 0 Å². The Morgan fingerprint density at radius 1 is 1.08 bits per heavy atom. The molecule has 8 nitrogen and oxygen atoms in total. The fraction of sp³-hybridized carbons (Fsp3) is 0.118. The smallest absolute Gasteiger partial charge is 0.281 e. The molecule has 0 atom stereocenters.